The lowest BCUT2D eigenvalue weighted by molar-refractivity contribution is 0.0782. The van der Waals surface area contributed by atoms with Crippen molar-refractivity contribution in [3.05, 3.63) is 54.1 Å². The molecule has 1 amide bonds. The first kappa shape index (κ1) is 16.0. The minimum atomic E-state index is 0.111. The highest BCUT2D eigenvalue weighted by Crippen LogP contribution is 2.30. The lowest BCUT2D eigenvalue weighted by atomic mass is 10.0. The second kappa shape index (κ2) is 6.76. The minimum absolute atomic E-state index is 0.111. The molecule has 130 valence electrons. The summed E-state index contributed by atoms with van der Waals surface area (Å²) in [5.41, 5.74) is 2.45. The SMILES string of the molecule is COc1cccc(Nc2ccccc2C(=O)N2C[C@H]3CNC[C@H]3C2)c1. The van der Waals surface area contributed by atoms with Gasteiger partial charge in [0, 0.05) is 37.9 Å². The van der Waals surface area contributed by atoms with Crippen LogP contribution >= 0.6 is 0 Å². The van der Waals surface area contributed by atoms with Gasteiger partial charge in [0.2, 0.25) is 0 Å². The lowest BCUT2D eigenvalue weighted by Gasteiger charge is -2.20. The topological polar surface area (TPSA) is 53.6 Å². The average Bonchev–Trinajstić information content (AvgIpc) is 3.24. The van der Waals surface area contributed by atoms with Gasteiger partial charge in [0.25, 0.3) is 5.91 Å². The fourth-order valence-corrected chi connectivity index (χ4v) is 3.83. The third-order valence-corrected chi connectivity index (χ3v) is 5.18. The molecule has 0 aromatic heterocycles. The predicted octanol–water partition coefficient (Wildman–Crippen LogP) is 2.73. The van der Waals surface area contributed by atoms with Crippen LogP contribution in [0.25, 0.3) is 0 Å². The fraction of sp³-hybridized carbons (Fsp3) is 0.350. The van der Waals surface area contributed by atoms with Crippen molar-refractivity contribution in [3.8, 4) is 5.75 Å². The summed E-state index contributed by atoms with van der Waals surface area (Å²) in [5.74, 6) is 2.10. The summed E-state index contributed by atoms with van der Waals surface area (Å²) in [5, 5.41) is 6.78. The summed E-state index contributed by atoms with van der Waals surface area (Å²) >= 11 is 0. The summed E-state index contributed by atoms with van der Waals surface area (Å²) in [6.07, 6.45) is 0. The molecule has 4 rings (SSSR count). The van der Waals surface area contributed by atoms with Crippen LogP contribution in [0.15, 0.2) is 48.5 Å². The number of nitrogens with zero attached hydrogens (tertiary/aromatic N) is 1. The van der Waals surface area contributed by atoms with Gasteiger partial charge in [0.05, 0.1) is 18.4 Å². The number of hydrogen-bond donors (Lipinski definition) is 2. The molecule has 0 unspecified atom stereocenters. The molecule has 2 N–H and O–H groups in total. The summed E-state index contributed by atoms with van der Waals surface area (Å²) < 4.78 is 5.27. The van der Waals surface area contributed by atoms with Crippen LogP contribution in [-0.4, -0.2) is 44.1 Å². The first-order valence-corrected chi connectivity index (χ1v) is 8.74. The molecule has 0 aliphatic carbocycles. The molecule has 2 aromatic rings. The molecule has 5 heteroatoms. The van der Waals surface area contributed by atoms with Gasteiger partial charge in [0.15, 0.2) is 0 Å². The largest absolute Gasteiger partial charge is 0.497 e. The molecule has 2 fully saturated rings. The Labute approximate surface area is 148 Å². The van der Waals surface area contributed by atoms with Gasteiger partial charge in [-0.2, -0.15) is 0 Å². The number of carbonyl (C=O) groups excluding carboxylic acids is 1. The van der Waals surface area contributed by atoms with Gasteiger partial charge < -0.3 is 20.3 Å². The number of carbonyl (C=O) groups is 1. The van der Waals surface area contributed by atoms with E-state index in [0.717, 1.165) is 48.9 Å². The van der Waals surface area contributed by atoms with E-state index in [1.54, 1.807) is 7.11 Å². The number of nitrogens with one attached hydrogen (secondary N) is 2. The first-order chi connectivity index (χ1) is 12.2. The highest BCUT2D eigenvalue weighted by molar-refractivity contribution is 6.00. The van der Waals surface area contributed by atoms with E-state index in [2.05, 4.69) is 10.6 Å². The predicted molar refractivity (Wildman–Crippen MR) is 98.5 cm³/mol. The van der Waals surface area contributed by atoms with E-state index in [1.165, 1.54) is 0 Å². The zero-order chi connectivity index (χ0) is 17.2. The fourth-order valence-electron chi connectivity index (χ4n) is 3.83. The van der Waals surface area contributed by atoms with Crippen LogP contribution in [0, 0.1) is 11.8 Å². The standard InChI is InChI=1S/C20H23N3O2/c1-25-17-6-4-5-16(9-17)22-19-8-3-2-7-18(19)20(24)23-12-14-10-21-11-15(14)13-23/h2-9,14-15,21-22H,10-13H2,1H3/t14-,15+. The maximum atomic E-state index is 13.1. The van der Waals surface area contributed by atoms with Crippen LogP contribution in [0.3, 0.4) is 0 Å². The zero-order valence-corrected chi connectivity index (χ0v) is 14.4. The van der Waals surface area contributed by atoms with Gasteiger partial charge in [0.1, 0.15) is 5.75 Å². The molecule has 2 atom stereocenters. The highest BCUT2D eigenvalue weighted by Gasteiger charge is 2.38. The Bertz CT molecular complexity index is 765. The molecular weight excluding hydrogens is 314 g/mol. The smallest absolute Gasteiger partial charge is 0.255 e. The van der Waals surface area contributed by atoms with Crippen LogP contribution in [-0.2, 0) is 0 Å². The zero-order valence-electron chi connectivity index (χ0n) is 14.4. The summed E-state index contributed by atoms with van der Waals surface area (Å²) in [4.78, 5) is 15.1. The van der Waals surface area contributed by atoms with Crippen molar-refractivity contribution in [1.29, 1.82) is 0 Å². The number of ether oxygens (including phenoxy) is 1. The monoisotopic (exact) mass is 337 g/mol. The van der Waals surface area contributed by atoms with Crippen molar-refractivity contribution in [2.75, 3.05) is 38.6 Å². The van der Waals surface area contributed by atoms with Crippen molar-refractivity contribution >= 4 is 17.3 Å². The number of fused-ring (bicyclic) bond motifs is 1. The maximum Gasteiger partial charge on any atom is 0.255 e. The first-order valence-electron chi connectivity index (χ1n) is 8.74. The summed E-state index contributed by atoms with van der Waals surface area (Å²) in [7, 11) is 1.65. The van der Waals surface area contributed by atoms with Crippen LogP contribution in [0.2, 0.25) is 0 Å². The van der Waals surface area contributed by atoms with E-state index in [4.69, 9.17) is 4.74 Å². The van der Waals surface area contributed by atoms with E-state index < -0.39 is 0 Å². The van der Waals surface area contributed by atoms with Crippen LogP contribution in [0.4, 0.5) is 11.4 Å². The number of anilines is 2. The summed E-state index contributed by atoms with van der Waals surface area (Å²) in [6.45, 7) is 3.75. The number of benzene rings is 2. The molecule has 2 aliphatic heterocycles. The highest BCUT2D eigenvalue weighted by atomic mass is 16.5. The van der Waals surface area contributed by atoms with Crippen LogP contribution in [0.5, 0.6) is 5.75 Å². The Morgan fingerprint density at radius 3 is 2.64 bits per heavy atom. The van der Waals surface area contributed by atoms with E-state index in [1.807, 2.05) is 53.4 Å². The van der Waals surface area contributed by atoms with Gasteiger partial charge in [-0.15, -0.1) is 0 Å². The molecule has 2 aromatic carbocycles. The Balaban J connectivity index is 1.55. The van der Waals surface area contributed by atoms with Crippen molar-refractivity contribution in [3.63, 3.8) is 0 Å². The van der Waals surface area contributed by atoms with E-state index >= 15 is 0 Å². The van der Waals surface area contributed by atoms with E-state index in [0.29, 0.717) is 11.8 Å². The summed E-state index contributed by atoms with van der Waals surface area (Å²) in [6, 6.07) is 15.4. The normalized spacial score (nSPS) is 21.9. The van der Waals surface area contributed by atoms with Crippen molar-refractivity contribution in [2.45, 2.75) is 0 Å². The third-order valence-electron chi connectivity index (χ3n) is 5.18. The average molecular weight is 337 g/mol. The Kier molecular flexibility index (Phi) is 4.32. The second-order valence-corrected chi connectivity index (χ2v) is 6.79. The molecular formula is C20H23N3O2. The van der Waals surface area contributed by atoms with E-state index in [-0.39, 0.29) is 5.91 Å². The molecule has 2 heterocycles. The molecule has 2 saturated heterocycles. The number of para-hydroxylation sites is 1. The van der Waals surface area contributed by atoms with E-state index in [9.17, 15) is 4.79 Å². The molecule has 0 spiro atoms. The number of likely N-dealkylation sites (tertiary alicyclic amines) is 1. The second-order valence-electron chi connectivity index (χ2n) is 6.79. The number of rotatable bonds is 4. The maximum absolute atomic E-state index is 13.1. The Morgan fingerprint density at radius 2 is 1.88 bits per heavy atom. The molecule has 0 saturated carbocycles. The number of methoxy groups -OCH3 is 1. The van der Waals surface area contributed by atoms with Crippen LogP contribution in [0.1, 0.15) is 10.4 Å². The van der Waals surface area contributed by atoms with Gasteiger partial charge in [-0.25, -0.2) is 0 Å². The van der Waals surface area contributed by atoms with Crippen molar-refractivity contribution in [1.82, 2.24) is 10.2 Å². The van der Waals surface area contributed by atoms with Gasteiger partial charge in [-0.3, -0.25) is 4.79 Å². The molecule has 0 radical (unpaired) electrons. The number of hydrogen-bond acceptors (Lipinski definition) is 4. The lowest BCUT2D eigenvalue weighted by Crippen LogP contribution is -2.32. The molecule has 2 aliphatic rings. The van der Waals surface area contributed by atoms with Crippen molar-refractivity contribution in [2.24, 2.45) is 11.8 Å². The van der Waals surface area contributed by atoms with Gasteiger partial charge in [-0.1, -0.05) is 18.2 Å². The van der Waals surface area contributed by atoms with Gasteiger partial charge >= 0.3 is 0 Å². The van der Waals surface area contributed by atoms with Gasteiger partial charge in [-0.05, 0) is 36.1 Å². The Morgan fingerprint density at radius 1 is 1.12 bits per heavy atom. The molecule has 0 bridgehead atoms. The van der Waals surface area contributed by atoms with Crippen LogP contribution < -0.4 is 15.4 Å². The molecule has 25 heavy (non-hydrogen) atoms. The third kappa shape index (κ3) is 3.20. The minimum Gasteiger partial charge on any atom is -0.497 e. The quantitative estimate of drug-likeness (QED) is 0.901. The molecule has 5 nitrogen and oxygen atoms in total. The number of amides is 1. The van der Waals surface area contributed by atoms with Crippen molar-refractivity contribution < 1.29 is 9.53 Å². The Hall–Kier alpha value is -2.53.